The van der Waals surface area contributed by atoms with Gasteiger partial charge in [0.25, 0.3) is 5.56 Å². The van der Waals surface area contributed by atoms with E-state index in [-0.39, 0.29) is 5.69 Å². The average Bonchev–Trinajstić information content (AvgIpc) is 2.21. The first-order valence-corrected chi connectivity index (χ1v) is 3.96. The van der Waals surface area contributed by atoms with Crippen LogP contribution < -0.4 is 16.6 Å². The first-order chi connectivity index (χ1) is 7.13. The van der Waals surface area contributed by atoms with Gasteiger partial charge >= 0.3 is 11.7 Å². The summed E-state index contributed by atoms with van der Waals surface area (Å²) in [5, 5.41) is 2.51. The predicted octanol–water partition coefficient (Wildman–Crippen LogP) is -0.838. The van der Waals surface area contributed by atoms with E-state index in [9.17, 15) is 14.4 Å². The third-order valence-corrected chi connectivity index (χ3v) is 1.48. The molecule has 0 amide bonds. The summed E-state index contributed by atoms with van der Waals surface area (Å²) in [6, 6.07) is 0. The molecule has 0 atom stereocenters. The van der Waals surface area contributed by atoms with Crippen LogP contribution in [0.2, 0.25) is 0 Å². The minimum Gasteiger partial charge on any atom is -0.466 e. The van der Waals surface area contributed by atoms with Crippen molar-refractivity contribution in [3.8, 4) is 0 Å². The Balaban J connectivity index is 2.74. The van der Waals surface area contributed by atoms with Gasteiger partial charge in [0.1, 0.15) is 5.69 Å². The number of ether oxygens (including phenoxy) is 1. The first-order valence-electron chi connectivity index (χ1n) is 3.96. The molecule has 1 heterocycles. The van der Waals surface area contributed by atoms with Crippen molar-refractivity contribution >= 4 is 11.7 Å². The van der Waals surface area contributed by atoms with E-state index in [2.05, 4.69) is 15.0 Å². The van der Waals surface area contributed by atoms with Gasteiger partial charge in [-0.05, 0) is 0 Å². The summed E-state index contributed by atoms with van der Waals surface area (Å²) in [5.74, 6) is -0.552. The second kappa shape index (κ2) is 4.80. The zero-order chi connectivity index (χ0) is 11.3. The molecule has 0 radical (unpaired) electrons. The average molecular weight is 211 g/mol. The molecule has 0 aliphatic heterocycles. The molecule has 0 aliphatic carbocycles. The largest absolute Gasteiger partial charge is 0.466 e. The standard InChI is InChI=1S/C8H9N3O4/c1-15-6(12)2-3-9-5-4-10-8(14)11-7(5)13/h2-4,9H,1H3,(H2,10,11,13,14)/b3-2+. The Hall–Kier alpha value is -2.31. The van der Waals surface area contributed by atoms with Gasteiger partial charge in [0.05, 0.1) is 7.11 Å². The van der Waals surface area contributed by atoms with Crippen LogP contribution in [0.15, 0.2) is 28.1 Å². The van der Waals surface area contributed by atoms with Crippen LogP contribution in [0, 0.1) is 0 Å². The fourth-order valence-corrected chi connectivity index (χ4v) is 0.785. The Morgan fingerprint density at radius 1 is 1.53 bits per heavy atom. The van der Waals surface area contributed by atoms with Gasteiger partial charge in [-0.1, -0.05) is 0 Å². The summed E-state index contributed by atoms with van der Waals surface area (Å²) in [4.78, 5) is 36.7. The zero-order valence-corrected chi connectivity index (χ0v) is 7.87. The molecular weight excluding hydrogens is 202 g/mol. The molecule has 15 heavy (non-hydrogen) atoms. The molecule has 7 nitrogen and oxygen atoms in total. The Bertz CT molecular complexity index is 485. The quantitative estimate of drug-likeness (QED) is 0.446. The van der Waals surface area contributed by atoms with Crippen LogP contribution in [0.3, 0.4) is 0 Å². The van der Waals surface area contributed by atoms with E-state index in [1.165, 1.54) is 19.5 Å². The second-order valence-corrected chi connectivity index (χ2v) is 2.49. The second-order valence-electron chi connectivity index (χ2n) is 2.49. The van der Waals surface area contributed by atoms with E-state index in [1.54, 1.807) is 0 Å². The van der Waals surface area contributed by atoms with Crippen LogP contribution in [0.25, 0.3) is 0 Å². The molecule has 1 aromatic heterocycles. The normalized spacial score (nSPS) is 10.2. The fourth-order valence-electron chi connectivity index (χ4n) is 0.785. The van der Waals surface area contributed by atoms with Gasteiger partial charge < -0.3 is 15.0 Å². The molecule has 80 valence electrons. The molecule has 0 bridgehead atoms. The minimum absolute atomic E-state index is 0.120. The monoisotopic (exact) mass is 211 g/mol. The Kier molecular flexibility index (Phi) is 3.44. The molecule has 1 rings (SSSR count). The van der Waals surface area contributed by atoms with Crippen molar-refractivity contribution in [1.29, 1.82) is 0 Å². The van der Waals surface area contributed by atoms with Crippen LogP contribution in [0.4, 0.5) is 5.69 Å². The topological polar surface area (TPSA) is 104 Å². The van der Waals surface area contributed by atoms with E-state index in [0.29, 0.717) is 0 Å². The van der Waals surface area contributed by atoms with Crippen LogP contribution in [0.1, 0.15) is 0 Å². The SMILES string of the molecule is COC(=O)/C=C/Nc1c[nH]c(=O)[nH]c1=O. The maximum atomic E-state index is 11.1. The number of rotatable bonds is 3. The van der Waals surface area contributed by atoms with Crippen LogP contribution in [0.5, 0.6) is 0 Å². The van der Waals surface area contributed by atoms with Gasteiger partial charge in [-0.15, -0.1) is 0 Å². The number of aromatic amines is 2. The fraction of sp³-hybridized carbons (Fsp3) is 0.125. The maximum Gasteiger partial charge on any atom is 0.331 e. The van der Waals surface area contributed by atoms with Crippen LogP contribution in [-0.2, 0) is 9.53 Å². The molecular formula is C8H9N3O4. The molecule has 0 saturated heterocycles. The van der Waals surface area contributed by atoms with Crippen molar-refractivity contribution < 1.29 is 9.53 Å². The number of methoxy groups -OCH3 is 1. The van der Waals surface area contributed by atoms with Crippen LogP contribution in [-0.4, -0.2) is 23.0 Å². The van der Waals surface area contributed by atoms with Gasteiger partial charge in [0.15, 0.2) is 0 Å². The highest BCUT2D eigenvalue weighted by molar-refractivity contribution is 5.82. The van der Waals surface area contributed by atoms with Crippen molar-refractivity contribution in [2.75, 3.05) is 12.4 Å². The molecule has 0 aromatic carbocycles. The van der Waals surface area contributed by atoms with Gasteiger partial charge in [-0.2, -0.15) is 0 Å². The minimum atomic E-state index is -0.595. The zero-order valence-electron chi connectivity index (χ0n) is 7.87. The summed E-state index contributed by atoms with van der Waals surface area (Å²) < 4.78 is 4.33. The number of aromatic nitrogens is 2. The van der Waals surface area contributed by atoms with E-state index < -0.39 is 17.2 Å². The Morgan fingerprint density at radius 3 is 2.87 bits per heavy atom. The first kappa shape index (κ1) is 10.8. The van der Waals surface area contributed by atoms with E-state index in [1.807, 2.05) is 4.98 Å². The van der Waals surface area contributed by atoms with Gasteiger partial charge in [0, 0.05) is 18.5 Å². The lowest BCUT2D eigenvalue weighted by Gasteiger charge is -1.96. The lowest BCUT2D eigenvalue weighted by Crippen LogP contribution is -2.23. The third-order valence-electron chi connectivity index (χ3n) is 1.48. The van der Waals surface area contributed by atoms with Crippen molar-refractivity contribution in [2.45, 2.75) is 0 Å². The molecule has 1 aromatic rings. The number of carbonyl (C=O) groups is 1. The van der Waals surface area contributed by atoms with E-state index in [0.717, 1.165) is 6.08 Å². The maximum absolute atomic E-state index is 11.1. The molecule has 0 spiro atoms. The van der Waals surface area contributed by atoms with E-state index >= 15 is 0 Å². The number of anilines is 1. The summed E-state index contributed by atoms with van der Waals surface area (Å²) in [7, 11) is 1.24. The highest BCUT2D eigenvalue weighted by atomic mass is 16.5. The lowest BCUT2D eigenvalue weighted by atomic mass is 10.5. The van der Waals surface area contributed by atoms with Crippen molar-refractivity contribution in [2.24, 2.45) is 0 Å². The molecule has 0 aliphatic rings. The Labute approximate surface area is 83.8 Å². The molecule has 7 heteroatoms. The van der Waals surface area contributed by atoms with Gasteiger partial charge in [0.2, 0.25) is 0 Å². The highest BCUT2D eigenvalue weighted by Gasteiger charge is 1.96. The summed E-state index contributed by atoms with van der Waals surface area (Å²) in [6.07, 6.45) is 3.53. The van der Waals surface area contributed by atoms with Crippen molar-refractivity contribution in [3.63, 3.8) is 0 Å². The summed E-state index contributed by atoms with van der Waals surface area (Å²) in [6.45, 7) is 0. The third kappa shape index (κ3) is 3.14. The molecule has 0 fully saturated rings. The summed E-state index contributed by atoms with van der Waals surface area (Å²) >= 11 is 0. The number of nitrogens with one attached hydrogen (secondary N) is 3. The predicted molar refractivity (Wildman–Crippen MR) is 52.5 cm³/mol. The number of H-pyrrole nitrogens is 2. The molecule has 0 unspecified atom stereocenters. The van der Waals surface area contributed by atoms with E-state index in [4.69, 9.17) is 0 Å². The Morgan fingerprint density at radius 2 is 2.27 bits per heavy atom. The van der Waals surface area contributed by atoms with Crippen molar-refractivity contribution in [3.05, 3.63) is 39.3 Å². The highest BCUT2D eigenvalue weighted by Crippen LogP contribution is 1.91. The lowest BCUT2D eigenvalue weighted by molar-refractivity contribution is -0.134. The van der Waals surface area contributed by atoms with Crippen LogP contribution >= 0.6 is 0 Å². The number of hydrogen-bond acceptors (Lipinski definition) is 5. The number of carbonyl (C=O) groups excluding carboxylic acids is 1. The van der Waals surface area contributed by atoms with Crippen molar-refractivity contribution in [1.82, 2.24) is 9.97 Å². The smallest absolute Gasteiger partial charge is 0.331 e. The number of esters is 1. The number of hydrogen-bond donors (Lipinski definition) is 3. The molecule has 0 saturated carbocycles. The van der Waals surface area contributed by atoms with Gasteiger partial charge in [-0.3, -0.25) is 9.78 Å². The van der Waals surface area contributed by atoms with Gasteiger partial charge in [-0.25, -0.2) is 9.59 Å². The summed E-state index contributed by atoms with van der Waals surface area (Å²) in [5.41, 5.74) is -1.05. The molecule has 3 N–H and O–H groups in total.